The number of nitrogens with zero attached hydrogens (tertiary/aromatic N) is 3. The van der Waals surface area contributed by atoms with Crippen LogP contribution >= 0.6 is 11.8 Å². The summed E-state index contributed by atoms with van der Waals surface area (Å²) in [5.41, 5.74) is 3.52. The molecule has 6 heteroatoms. The predicted octanol–water partition coefficient (Wildman–Crippen LogP) is 4.88. The normalized spacial score (nSPS) is 19.0. The molecule has 0 saturated carbocycles. The van der Waals surface area contributed by atoms with Crippen LogP contribution in [0.1, 0.15) is 44.2 Å². The van der Waals surface area contributed by atoms with Gasteiger partial charge in [-0.25, -0.2) is 4.98 Å². The lowest BCUT2D eigenvalue weighted by Gasteiger charge is -2.39. The Bertz CT molecular complexity index is 1180. The van der Waals surface area contributed by atoms with E-state index in [-0.39, 0.29) is 29.3 Å². The zero-order valence-electron chi connectivity index (χ0n) is 18.6. The number of aryl methyl sites for hydroxylation is 1. The van der Waals surface area contributed by atoms with Crippen LogP contribution in [-0.4, -0.2) is 38.2 Å². The Balaban J connectivity index is 1.75. The van der Waals surface area contributed by atoms with Gasteiger partial charge in [0.2, 0.25) is 5.91 Å². The SMILES string of the molecule is Cc1cccc(-n2c(SCC(=O)N3C(C)CCCC3C)nc3ccccc3c2=O)c1C. The van der Waals surface area contributed by atoms with Crippen molar-refractivity contribution >= 4 is 28.6 Å². The Morgan fingerprint density at radius 1 is 1.06 bits per heavy atom. The lowest BCUT2D eigenvalue weighted by molar-refractivity contribution is -0.134. The number of para-hydroxylation sites is 1. The smallest absolute Gasteiger partial charge is 0.266 e. The molecule has 2 unspecified atom stereocenters. The molecule has 2 atom stereocenters. The number of hydrogen-bond acceptors (Lipinski definition) is 4. The van der Waals surface area contributed by atoms with Crippen LogP contribution in [0.25, 0.3) is 16.6 Å². The molecule has 5 nitrogen and oxygen atoms in total. The average Bonchev–Trinajstić information content (AvgIpc) is 2.75. The van der Waals surface area contributed by atoms with E-state index >= 15 is 0 Å². The van der Waals surface area contributed by atoms with Crippen molar-refractivity contribution in [1.82, 2.24) is 14.5 Å². The van der Waals surface area contributed by atoms with E-state index in [1.54, 1.807) is 4.57 Å². The van der Waals surface area contributed by atoms with E-state index < -0.39 is 0 Å². The van der Waals surface area contributed by atoms with E-state index in [1.165, 1.54) is 11.8 Å². The van der Waals surface area contributed by atoms with Crippen molar-refractivity contribution in [2.75, 3.05) is 5.75 Å². The van der Waals surface area contributed by atoms with E-state index in [2.05, 4.69) is 13.8 Å². The van der Waals surface area contributed by atoms with Gasteiger partial charge in [0.1, 0.15) is 0 Å². The fourth-order valence-electron chi connectivity index (χ4n) is 4.51. The van der Waals surface area contributed by atoms with Crippen LogP contribution < -0.4 is 5.56 Å². The lowest BCUT2D eigenvalue weighted by Crippen LogP contribution is -2.48. The summed E-state index contributed by atoms with van der Waals surface area (Å²) < 4.78 is 1.67. The van der Waals surface area contributed by atoms with Gasteiger partial charge in [-0.1, -0.05) is 36.0 Å². The molecular formula is C25H29N3O2S. The first-order valence-electron chi connectivity index (χ1n) is 10.9. The summed E-state index contributed by atoms with van der Waals surface area (Å²) in [4.78, 5) is 33.4. The largest absolute Gasteiger partial charge is 0.337 e. The van der Waals surface area contributed by atoms with Crippen LogP contribution in [-0.2, 0) is 4.79 Å². The third kappa shape index (κ3) is 4.13. The van der Waals surface area contributed by atoms with Crippen LogP contribution in [0.3, 0.4) is 0 Å². The number of likely N-dealkylation sites (tertiary alicyclic amines) is 1. The minimum Gasteiger partial charge on any atom is -0.337 e. The molecular weight excluding hydrogens is 406 g/mol. The second-order valence-electron chi connectivity index (χ2n) is 8.49. The summed E-state index contributed by atoms with van der Waals surface area (Å²) in [5, 5.41) is 1.14. The Hall–Kier alpha value is -2.60. The van der Waals surface area contributed by atoms with Crippen LogP contribution in [0.4, 0.5) is 0 Å². The number of hydrogen-bond donors (Lipinski definition) is 0. The summed E-state index contributed by atoms with van der Waals surface area (Å²) in [7, 11) is 0. The molecule has 0 spiro atoms. The zero-order chi connectivity index (χ0) is 22.1. The summed E-state index contributed by atoms with van der Waals surface area (Å²) in [6.45, 7) is 8.30. The first kappa shape index (κ1) is 21.6. The van der Waals surface area contributed by atoms with Gasteiger partial charge in [0, 0.05) is 12.1 Å². The molecule has 31 heavy (non-hydrogen) atoms. The molecule has 1 amide bonds. The highest BCUT2D eigenvalue weighted by molar-refractivity contribution is 7.99. The van der Waals surface area contributed by atoms with Crippen molar-refractivity contribution in [2.24, 2.45) is 0 Å². The van der Waals surface area contributed by atoms with Crippen LogP contribution in [0, 0.1) is 13.8 Å². The summed E-state index contributed by atoms with van der Waals surface area (Å²) in [6, 6.07) is 13.8. The first-order chi connectivity index (χ1) is 14.9. The molecule has 3 aromatic rings. The molecule has 0 bridgehead atoms. The molecule has 2 heterocycles. The molecule has 1 aromatic heterocycles. The summed E-state index contributed by atoms with van der Waals surface area (Å²) >= 11 is 1.35. The maximum atomic E-state index is 13.5. The Morgan fingerprint density at radius 3 is 2.52 bits per heavy atom. The van der Waals surface area contributed by atoms with E-state index in [9.17, 15) is 9.59 Å². The van der Waals surface area contributed by atoms with Gasteiger partial charge in [-0.05, 0) is 76.3 Å². The van der Waals surface area contributed by atoms with Gasteiger partial charge in [0.05, 0.1) is 22.3 Å². The molecule has 0 N–H and O–H groups in total. The topological polar surface area (TPSA) is 55.2 Å². The van der Waals surface area contributed by atoms with Gasteiger partial charge >= 0.3 is 0 Å². The standard InChI is InChI=1S/C25H29N3O2S/c1-16-9-7-14-22(19(16)4)28-24(30)20-12-5-6-13-21(20)26-25(28)31-15-23(29)27-17(2)10-8-11-18(27)3/h5-7,9,12-14,17-18H,8,10-11,15H2,1-4H3. The van der Waals surface area contributed by atoms with Gasteiger partial charge in [-0.2, -0.15) is 0 Å². The van der Waals surface area contributed by atoms with E-state index in [0.29, 0.717) is 16.1 Å². The Labute approximate surface area is 187 Å². The fourth-order valence-corrected chi connectivity index (χ4v) is 5.39. The van der Waals surface area contributed by atoms with E-state index in [1.807, 2.05) is 61.2 Å². The number of thioether (sulfide) groups is 1. The highest BCUT2D eigenvalue weighted by Gasteiger charge is 2.29. The third-order valence-electron chi connectivity index (χ3n) is 6.37. The number of carbonyl (C=O) groups excluding carboxylic acids is 1. The first-order valence-corrected chi connectivity index (χ1v) is 11.9. The van der Waals surface area contributed by atoms with Crippen molar-refractivity contribution in [2.45, 2.75) is 64.2 Å². The number of amides is 1. The molecule has 0 radical (unpaired) electrons. The maximum Gasteiger partial charge on any atom is 0.266 e. The van der Waals surface area contributed by atoms with Gasteiger partial charge in [-0.3, -0.25) is 14.2 Å². The monoisotopic (exact) mass is 435 g/mol. The second kappa shape index (κ2) is 8.87. The average molecular weight is 436 g/mol. The van der Waals surface area contributed by atoms with Crippen molar-refractivity contribution in [3.05, 3.63) is 63.9 Å². The molecule has 0 aliphatic carbocycles. The number of fused-ring (bicyclic) bond motifs is 1. The minimum absolute atomic E-state index is 0.103. The summed E-state index contributed by atoms with van der Waals surface area (Å²) in [5.74, 6) is 0.379. The number of benzene rings is 2. The Morgan fingerprint density at radius 2 is 1.77 bits per heavy atom. The van der Waals surface area contributed by atoms with Crippen molar-refractivity contribution in [1.29, 1.82) is 0 Å². The predicted molar refractivity (Wildman–Crippen MR) is 127 cm³/mol. The van der Waals surface area contributed by atoms with Crippen LogP contribution in [0.5, 0.6) is 0 Å². The van der Waals surface area contributed by atoms with Crippen molar-refractivity contribution < 1.29 is 4.79 Å². The second-order valence-corrected chi connectivity index (χ2v) is 9.43. The summed E-state index contributed by atoms with van der Waals surface area (Å²) in [6.07, 6.45) is 3.25. The van der Waals surface area contributed by atoms with Gasteiger partial charge in [0.15, 0.2) is 5.16 Å². The Kier molecular flexibility index (Phi) is 6.19. The number of aromatic nitrogens is 2. The van der Waals surface area contributed by atoms with Crippen molar-refractivity contribution in [3.8, 4) is 5.69 Å². The molecule has 2 aromatic carbocycles. The highest BCUT2D eigenvalue weighted by Crippen LogP contribution is 2.27. The molecule has 1 aliphatic rings. The van der Waals surface area contributed by atoms with Gasteiger partial charge in [-0.15, -0.1) is 0 Å². The van der Waals surface area contributed by atoms with Crippen LogP contribution in [0.2, 0.25) is 0 Å². The molecule has 162 valence electrons. The van der Waals surface area contributed by atoms with E-state index in [0.717, 1.165) is 36.1 Å². The van der Waals surface area contributed by atoms with Crippen LogP contribution in [0.15, 0.2) is 52.4 Å². The number of piperidine rings is 1. The molecule has 1 saturated heterocycles. The third-order valence-corrected chi connectivity index (χ3v) is 7.29. The van der Waals surface area contributed by atoms with Gasteiger partial charge < -0.3 is 4.90 Å². The zero-order valence-corrected chi connectivity index (χ0v) is 19.4. The highest BCUT2D eigenvalue weighted by atomic mass is 32.2. The lowest BCUT2D eigenvalue weighted by atomic mass is 9.98. The quantitative estimate of drug-likeness (QED) is 0.433. The number of rotatable bonds is 4. The fraction of sp³-hybridized carbons (Fsp3) is 0.400. The molecule has 4 rings (SSSR count). The van der Waals surface area contributed by atoms with Crippen molar-refractivity contribution in [3.63, 3.8) is 0 Å². The molecule has 1 aliphatic heterocycles. The number of carbonyl (C=O) groups is 1. The minimum atomic E-state index is -0.103. The van der Waals surface area contributed by atoms with Gasteiger partial charge in [0.25, 0.3) is 5.56 Å². The molecule has 1 fully saturated rings. The maximum absolute atomic E-state index is 13.5. The van der Waals surface area contributed by atoms with E-state index in [4.69, 9.17) is 4.98 Å².